The Labute approximate surface area is 70.8 Å². The van der Waals surface area contributed by atoms with Gasteiger partial charge < -0.3 is 5.11 Å². The average molecular weight is 176 g/mol. The Hall–Kier alpha value is -0.180. The summed E-state index contributed by atoms with van der Waals surface area (Å²) in [6.07, 6.45) is 1.58. The summed E-state index contributed by atoms with van der Waals surface area (Å²) in [5.74, 6) is -3.30. The highest BCUT2D eigenvalue weighted by molar-refractivity contribution is 5.10. The number of alkyl halides is 2. The third-order valence-corrected chi connectivity index (χ3v) is 3.44. The lowest BCUT2D eigenvalue weighted by Crippen LogP contribution is -2.35. The van der Waals surface area contributed by atoms with Crippen LogP contribution >= 0.6 is 0 Å². The quantitative estimate of drug-likeness (QED) is 0.649. The van der Waals surface area contributed by atoms with E-state index in [1.165, 1.54) is 0 Å². The van der Waals surface area contributed by atoms with Crippen LogP contribution in [0.15, 0.2) is 0 Å². The van der Waals surface area contributed by atoms with Crippen LogP contribution in [-0.2, 0) is 0 Å². The second kappa shape index (κ2) is 2.19. The van der Waals surface area contributed by atoms with Crippen LogP contribution in [0.25, 0.3) is 0 Å². The van der Waals surface area contributed by atoms with E-state index in [1.54, 1.807) is 0 Å². The molecule has 0 spiro atoms. The minimum atomic E-state index is -2.61. The summed E-state index contributed by atoms with van der Waals surface area (Å²) in [7, 11) is 0. The molecular formula is C9H14F2O. The topological polar surface area (TPSA) is 20.2 Å². The molecular weight excluding hydrogens is 162 g/mol. The van der Waals surface area contributed by atoms with Crippen LogP contribution in [0, 0.1) is 11.8 Å². The molecule has 0 saturated heterocycles. The van der Waals surface area contributed by atoms with Gasteiger partial charge in [0.05, 0.1) is 11.5 Å². The van der Waals surface area contributed by atoms with Crippen molar-refractivity contribution >= 4 is 0 Å². The Morgan fingerprint density at radius 2 is 2.00 bits per heavy atom. The molecule has 2 aliphatic rings. The van der Waals surface area contributed by atoms with Crippen molar-refractivity contribution in [2.75, 3.05) is 0 Å². The Morgan fingerprint density at radius 1 is 1.42 bits per heavy atom. The molecule has 70 valence electrons. The van der Waals surface area contributed by atoms with E-state index in [0.717, 1.165) is 0 Å². The van der Waals surface area contributed by atoms with Gasteiger partial charge in [0.25, 0.3) is 5.92 Å². The number of rotatable bonds is 1. The van der Waals surface area contributed by atoms with Gasteiger partial charge in [0.15, 0.2) is 0 Å². The fourth-order valence-corrected chi connectivity index (χ4v) is 2.46. The molecule has 3 atom stereocenters. The molecule has 1 N–H and O–H groups in total. The van der Waals surface area contributed by atoms with E-state index in [-0.39, 0.29) is 12.3 Å². The van der Waals surface area contributed by atoms with Gasteiger partial charge >= 0.3 is 0 Å². The zero-order chi connectivity index (χ0) is 8.98. The standard InChI is InChI=1S/C9H14F2O/c1-6-5-8(6,12)7-3-2-4-9(7,10)11/h6-7,12H,2-5H2,1H3. The van der Waals surface area contributed by atoms with Gasteiger partial charge in [-0.2, -0.15) is 0 Å². The Morgan fingerprint density at radius 3 is 2.33 bits per heavy atom. The average Bonchev–Trinajstić information content (AvgIpc) is 2.40. The first-order valence-corrected chi connectivity index (χ1v) is 4.57. The first-order chi connectivity index (χ1) is 5.47. The monoisotopic (exact) mass is 176 g/mol. The minimum absolute atomic E-state index is 0.0350. The van der Waals surface area contributed by atoms with E-state index in [9.17, 15) is 13.9 Å². The molecule has 0 amide bonds. The van der Waals surface area contributed by atoms with Gasteiger partial charge in [0.2, 0.25) is 0 Å². The van der Waals surface area contributed by atoms with Crippen molar-refractivity contribution in [2.24, 2.45) is 11.8 Å². The summed E-state index contributed by atoms with van der Waals surface area (Å²) < 4.78 is 26.3. The van der Waals surface area contributed by atoms with Gasteiger partial charge in [-0.3, -0.25) is 0 Å². The summed E-state index contributed by atoms with van der Waals surface area (Å²) >= 11 is 0. The molecule has 0 aliphatic heterocycles. The van der Waals surface area contributed by atoms with Crippen LogP contribution in [0.1, 0.15) is 32.6 Å². The van der Waals surface area contributed by atoms with E-state index >= 15 is 0 Å². The highest BCUT2D eigenvalue weighted by Gasteiger charge is 2.64. The molecule has 2 aliphatic carbocycles. The van der Waals surface area contributed by atoms with Crippen LogP contribution in [0.5, 0.6) is 0 Å². The van der Waals surface area contributed by atoms with Crippen molar-refractivity contribution in [3.8, 4) is 0 Å². The van der Waals surface area contributed by atoms with E-state index in [2.05, 4.69) is 0 Å². The van der Waals surface area contributed by atoms with Crippen molar-refractivity contribution < 1.29 is 13.9 Å². The van der Waals surface area contributed by atoms with Crippen LogP contribution in [-0.4, -0.2) is 16.6 Å². The Bertz CT molecular complexity index is 205. The number of aliphatic hydroxyl groups is 1. The summed E-state index contributed by atoms with van der Waals surface area (Å²) in [4.78, 5) is 0. The zero-order valence-electron chi connectivity index (χ0n) is 7.19. The molecule has 0 aromatic carbocycles. The predicted octanol–water partition coefficient (Wildman–Crippen LogP) is 2.19. The maximum Gasteiger partial charge on any atom is 0.253 e. The van der Waals surface area contributed by atoms with Gasteiger partial charge in [-0.05, 0) is 25.2 Å². The zero-order valence-corrected chi connectivity index (χ0v) is 7.19. The van der Waals surface area contributed by atoms with Gasteiger partial charge in [-0.1, -0.05) is 6.92 Å². The minimum Gasteiger partial charge on any atom is -0.389 e. The van der Waals surface area contributed by atoms with Crippen molar-refractivity contribution in [3.63, 3.8) is 0 Å². The number of hydrogen-bond acceptors (Lipinski definition) is 1. The maximum absolute atomic E-state index is 13.2. The van der Waals surface area contributed by atoms with E-state index in [1.807, 2.05) is 6.92 Å². The molecule has 3 heteroatoms. The van der Waals surface area contributed by atoms with Crippen molar-refractivity contribution in [3.05, 3.63) is 0 Å². The Balaban J connectivity index is 2.14. The lowest BCUT2D eigenvalue weighted by molar-refractivity contribution is -0.0970. The molecule has 2 fully saturated rings. The molecule has 2 rings (SSSR count). The summed E-state index contributed by atoms with van der Waals surface area (Å²) in [6, 6.07) is 0. The Kier molecular flexibility index (Phi) is 1.54. The third-order valence-electron chi connectivity index (χ3n) is 3.44. The highest BCUT2D eigenvalue weighted by Crippen LogP contribution is 2.58. The van der Waals surface area contributed by atoms with Crippen molar-refractivity contribution in [1.29, 1.82) is 0 Å². The van der Waals surface area contributed by atoms with Gasteiger partial charge in [0, 0.05) is 6.42 Å². The van der Waals surface area contributed by atoms with E-state index < -0.39 is 17.4 Å². The van der Waals surface area contributed by atoms with Crippen LogP contribution in [0.3, 0.4) is 0 Å². The molecule has 1 nitrogen and oxygen atoms in total. The van der Waals surface area contributed by atoms with Crippen LogP contribution < -0.4 is 0 Å². The first kappa shape index (κ1) is 8.42. The van der Waals surface area contributed by atoms with Crippen LogP contribution in [0.4, 0.5) is 8.78 Å². The molecule has 3 unspecified atom stereocenters. The molecule has 0 radical (unpaired) electrons. The summed E-state index contributed by atoms with van der Waals surface area (Å²) in [5, 5.41) is 9.75. The molecule has 0 heterocycles. The van der Waals surface area contributed by atoms with Crippen molar-refractivity contribution in [1.82, 2.24) is 0 Å². The molecule has 0 bridgehead atoms. The third kappa shape index (κ3) is 0.987. The van der Waals surface area contributed by atoms with Gasteiger partial charge in [-0.15, -0.1) is 0 Å². The highest BCUT2D eigenvalue weighted by atomic mass is 19.3. The number of hydrogen-bond donors (Lipinski definition) is 1. The fraction of sp³-hybridized carbons (Fsp3) is 1.00. The molecule has 12 heavy (non-hydrogen) atoms. The largest absolute Gasteiger partial charge is 0.389 e. The molecule has 0 aromatic heterocycles. The van der Waals surface area contributed by atoms with Crippen molar-refractivity contribution in [2.45, 2.75) is 44.1 Å². The number of halogens is 2. The summed E-state index contributed by atoms with van der Waals surface area (Å²) in [5.41, 5.74) is -1.03. The second-order valence-electron chi connectivity index (χ2n) is 4.30. The van der Waals surface area contributed by atoms with Gasteiger partial charge in [-0.25, -0.2) is 8.78 Å². The van der Waals surface area contributed by atoms with E-state index in [4.69, 9.17) is 0 Å². The lowest BCUT2D eigenvalue weighted by Gasteiger charge is -2.24. The van der Waals surface area contributed by atoms with E-state index in [0.29, 0.717) is 19.3 Å². The maximum atomic E-state index is 13.2. The first-order valence-electron chi connectivity index (χ1n) is 4.57. The SMILES string of the molecule is CC1CC1(O)C1CCCC1(F)F. The smallest absolute Gasteiger partial charge is 0.253 e. The normalized spacial score (nSPS) is 51.0. The molecule has 2 saturated carbocycles. The van der Waals surface area contributed by atoms with Crippen LogP contribution in [0.2, 0.25) is 0 Å². The molecule has 0 aromatic rings. The lowest BCUT2D eigenvalue weighted by atomic mass is 9.94. The fourth-order valence-electron chi connectivity index (χ4n) is 2.46. The summed E-state index contributed by atoms with van der Waals surface area (Å²) in [6.45, 7) is 1.84. The predicted molar refractivity (Wildman–Crippen MR) is 41.0 cm³/mol. The second-order valence-corrected chi connectivity index (χ2v) is 4.30. The van der Waals surface area contributed by atoms with Gasteiger partial charge in [0.1, 0.15) is 0 Å².